The second-order valence-corrected chi connectivity index (χ2v) is 5.84. The van der Waals surface area contributed by atoms with Gasteiger partial charge < -0.3 is 4.74 Å². The van der Waals surface area contributed by atoms with Crippen molar-refractivity contribution in [3.8, 4) is 17.0 Å². The van der Waals surface area contributed by atoms with Gasteiger partial charge in [0, 0.05) is 5.02 Å². The van der Waals surface area contributed by atoms with E-state index in [1.165, 1.54) is 0 Å². The van der Waals surface area contributed by atoms with Gasteiger partial charge in [0.1, 0.15) is 5.75 Å². The zero-order chi connectivity index (χ0) is 17.8. The van der Waals surface area contributed by atoms with E-state index in [0.717, 1.165) is 22.6 Å². The van der Waals surface area contributed by atoms with Crippen LogP contribution >= 0.6 is 11.6 Å². The molecule has 0 bridgehead atoms. The Balaban J connectivity index is 1.99. The van der Waals surface area contributed by atoms with Gasteiger partial charge in [0.05, 0.1) is 19.3 Å². The zero-order valence-electron chi connectivity index (χ0n) is 13.6. The van der Waals surface area contributed by atoms with Crippen LogP contribution in [0.5, 0.6) is 5.75 Å². The second-order valence-electron chi connectivity index (χ2n) is 5.40. The molecule has 1 amide bonds. The molecule has 2 aromatic carbocycles. The number of ether oxygens (including phenoxy) is 1. The molecule has 7 heteroatoms. The fourth-order valence-electron chi connectivity index (χ4n) is 2.48. The lowest BCUT2D eigenvalue weighted by Gasteiger charge is -2.08. The van der Waals surface area contributed by atoms with E-state index in [1.807, 2.05) is 36.4 Å². The minimum atomic E-state index is -0.441. The van der Waals surface area contributed by atoms with Gasteiger partial charge in [-0.05, 0) is 41.5 Å². The average Bonchev–Trinajstić information content (AvgIpc) is 3.06. The number of hydrogen-bond acceptors (Lipinski definition) is 4. The Labute approximate surface area is 150 Å². The molecule has 1 aromatic heterocycles. The van der Waals surface area contributed by atoms with E-state index < -0.39 is 5.91 Å². The minimum absolute atomic E-state index is 0.251. The summed E-state index contributed by atoms with van der Waals surface area (Å²) in [6.45, 7) is 0.500. The molecule has 3 rings (SSSR count). The van der Waals surface area contributed by atoms with Crippen LogP contribution in [0, 0.1) is 0 Å². The Bertz CT molecular complexity index is 873. The van der Waals surface area contributed by atoms with Crippen LogP contribution in [0.25, 0.3) is 11.3 Å². The van der Waals surface area contributed by atoms with Crippen molar-refractivity contribution < 1.29 is 9.53 Å². The quantitative estimate of drug-likeness (QED) is 0.418. The molecule has 6 nitrogen and oxygen atoms in total. The molecule has 0 spiro atoms. The summed E-state index contributed by atoms with van der Waals surface area (Å²) >= 11 is 5.96. The van der Waals surface area contributed by atoms with Crippen molar-refractivity contribution in [1.82, 2.24) is 15.2 Å². The Morgan fingerprint density at radius 1 is 1.20 bits per heavy atom. The van der Waals surface area contributed by atoms with Gasteiger partial charge in [-0.25, -0.2) is 5.84 Å². The third-order valence-electron chi connectivity index (χ3n) is 3.78. The summed E-state index contributed by atoms with van der Waals surface area (Å²) in [7, 11) is 1.62. The highest BCUT2D eigenvalue weighted by Gasteiger charge is 2.15. The van der Waals surface area contributed by atoms with E-state index >= 15 is 0 Å². The number of methoxy groups -OCH3 is 1. The zero-order valence-corrected chi connectivity index (χ0v) is 14.3. The Morgan fingerprint density at radius 3 is 2.48 bits per heavy atom. The monoisotopic (exact) mass is 356 g/mol. The molecule has 3 N–H and O–H groups in total. The van der Waals surface area contributed by atoms with Crippen LogP contribution in [0.2, 0.25) is 5.02 Å². The molecule has 0 aliphatic heterocycles. The van der Waals surface area contributed by atoms with Crippen molar-refractivity contribution >= 4 is 17.5 Å². The molecule has 0 fully saturated rings. The molecule has 3 aromatic rings. The van der Waals surface area contributed by atoms with E-state index in [1.54, 1.807) is 30.0 Å². The highest BCUT2D eigenvalue weighted by molar-refractivity contribution is 6.30. The Hall–Kier alpha value is -2.83. The molecule has 0 saturated carbocycles. The maximum atomic E-state index is 11.9. The lowest BCUT2D eigenvalue weighted by atomic mass is 10.1. The number of nitrogens with zero attached hydrogens (tertiary/aromatic N) is 2. The molecule has 0 aliphatic carbocycles. The van der Waals surface area contributed by atoms with E-state index in [2.05, 4.69) is 10.5 Å². The van der Waals surface area contributed by atoms with Gasteiger partial charge in [0.2, 0.25) is 0 Å². The lowest BCUT2D eigenvalue weighted by molar-refractivity contribution is 0.0948. The molecule has 0 saturated heterocycles. The maximum absolute atomic E-state index is 11.9. The van der Waals surface area contributed by atoms with E-state index in [9.17, 15) is 4.79 Å². The normalized spacial score (nSPS) is 10.5. The molecule has 0 atom stereocenters. The standard InChI is InChI=1S/C18H17ClN4O2/c1-25-15-8-2-12(3-9-15)11-23-17(10-16(22-23)18(24)21-20)13-4-6-14(19)7-5-13/h2-10H,11,20H2,1H3,(H,21,24). The Morgan fingerprint density at radius 2 is 1.88 bits per heavy atom. The number of aromatic nitrogens is 2. The number of nitrogen functional groups attached to an aromatic ring is 1. The first-order chi connectivity index (χ1) is 12.1. The van der Waals surface area contributed by atoms with E-state index in [4.69, 9.17) is 22.2 Å². The van der Waals surface area contributed by atoms with Crippen molar-refractivity contribution in [3.05, 3.63) is 70.9 Å². The molecule has 25 heavy (non-hydrogen) atoms. The number of rotatable bonds is 5. The van der Waals surface area contributed by atoms with Crippen LogP contribution in [0.15, 0.2) is 54.6 Å². The molecule has 128 valence electrons. The number of hydrogen-bond donors (Lipinski definition) is 2. The molecule has 0 unspecified atom stereocenters. The first-order valence-electron chi connectivity index (χ1n) is 7.58. The topological polar surface area (TPSA) is 82.2 Å². The molecular formula is C18H17ClN4O2. The van der Waals surface area contributed by atoms with Crippen molar-refractivity contribution in [2.24, 2.45) is 5.84 Å². The summed E-state index contributed by atoms with van der Waals surface area (Å²) in [6, 6.07) is 16.7. The summed E-state index contributed by atoms with van der Waals surface area (Å²) < 4.78 is 6.93. The second kappa shape index (κ2) is 7.38. The number of nitrogens with two attached hydrogens (primary N) is 1. The lowest BCUT2D eigenvalue weighted by Crippen LogP contribution is -2.30. The van der Waals surface area contributed by atoms with Crippen LogP contribution in [-0.4, -0.2) is 22.8 Å². The van der Waals surface area contributed by atoms with Crippen molar-refractivity contribution in [2.75, 3.05) is 7.11 Å². The van der Waals surface area contributed by atoms with Crippen LogP contribution in [-0.2, 0) is 6.54 Å². The largest absolute Gasteiger partial charge is 0.497 e. The summed E-state index contributed by atoms with van der Waals surface area (Å²) in [5, 5.41) is 5.02. The van der Waals surface area contributed by atoms with Crippen LogP contribution in [0.4, 0.5) is 0 Å². The van der Waals surface area contributed by atoms with Gasteiger partial charge >= 0.3 is 0 Å². The molecule has 0 aliphatic rings. The van der Waals surface area contributed by atoms with E-state index in [-0.39, 0.29) is 5.69 Å². The summed E-state index contributed by atoms with van der Waals surface area (Å²) in [6.07, 6.45) is 0. The van der Waals surface area contributed by atoms with Crippen LogP contribution < -0.4 is 16.0 Å². The van der Waals surface area contributed by atoms with Gasteiger partial charge in [-0.3, -0.25) is 14.9 Å². The van der Waals surface area contributed by atoms with Gasteiger partial charge in [0.15, 0.2) is 5.69 Å². The molecule has 1 heterocycles. The predicted octanol–water partition coefficient (Wildman–Crippen LogP) is 2.86. The smallest absolute Gasteiger partial charge is 0.285 e. The number of carbonyl (C=O) groups is 1. The van der Waals surface area contributed by atoms with Crippen LogP contribution in [0.1, 0.15) is 16.1 Å². The summed E-state index contributed by atoms with van der Waals surface area (Å²) in [5.74, 6) is 5.57. The highest BCUT2D eigenvalue weighted by atomic mass is 35.5. The van der Waals surface area contributed by atoms with Gasteiger partial charge in [-0.2, -0.15) is 5.10 Å². The summed E-state index contributed by atoms with van der Waals surface area (Å²) in [4.78, 5) is 11.9. The Kier molecular flexibility index (Phi) is 5.02. The van der Waals surface area contributed by atoms with Crippen molar-refractivity contribution in [2.45, 2.75) is 6.54 Å². The summed E-state index contributed by atoms with van der Waals surface area (Å²) in [5.41, 5.74) is 5.09. The van der Waals surface area contributed by atoms with E-state index in [0.29, 0.717) is 11.6 Å². The van der Waals surface area contributed by atoms with Crippen LogP contribution in [0.3, 0.4) is 0 Å². The number of nitrogens with one attached hydrogen (secondary N) is 1. The first kappa shape index (κ1) is 17.0. The van der Waals surface area contributed by atoms with Gasteiger partial charge in [0.25, 0.3) is 5.91 Å². The van der Waals surface area contributed by atoms with Crippen molar-refractivity contribution in [3.63, 3.8) is 0 Å². The number of benzene rings is 2. The third kappa shape index (κ3) is 3.81. The number of hydrazine groups is 1. The third-order valence-corrected chi connectivity index (χ3v) is 4.03. The molecular weight excluding hydrogens is 340 g/mol. The number of amides is 1. The van der Waals surface area contributed by atoms with Gasteiger partial charge in [-0.15, -0.1) is 0 Å². The average molecular weight is 357 g/mol. The number of halogens is 1. The SMILES string of the molecule is COc1ccc(Cn2nc(C(=O)NN)cc2-c2ccc(Cl)cc2)cc1. The highest BCUT2D eigenvalue weighted by Crippen LogP contribution is 2.24. The fraction of sp³-hybridized carbons (Fsp3) is 0.111. The number of carbonyl (C=O) groups excluding carboxylic acids is 1. The molecule has 0 radical (unpaired) electrons. The first-order valence-corrected chi connectivity index (χ1v) is 7.96. The minimum Gasteiger partial charge on any atom is -0.497 e. The van der Waals surface area contributed by atoms with Crippen molar-refractivity contribution in [1.29, 1.82) is 0 Å². The predicted molar refractivity (Wildman–Crippen MR) is 96.4 cm³/mol. The fourth-order valence-corrected chi connectivity index (χ4v) is 2.61. The van der Waals surface area contributed by atoms with Gasteiger partial charge in [-0.1, -0.05) is 35.9 Å². The maximum Gasteiger partial charge on any atom is 0.285 e.